The summed E-state index contributed by atoms with van der Waals surface area (Å²) in [6, 6.07) is 3.47. The lowest BCUT2D eigenvalue weighted by Crippen LogP contribution is -2.05. The molecule has 0 amide bonds. The number of nitro groups is 1. The zero-order valence-electron chi connectivity index (χ0n) is 9.49. The average Bonchev–Trinajstić information content (AvgIpc) is 3.08. The summed E-state index contributed by atoms with van der Waals surface area (Å²) in [7, 11) is 0. The van der Waals surface area contributed by atoms with E-state index in [9.17, 15) is 14.5 Å². The molecule has 0 radical (unpaired) electrons. The van der Waals surface area contributed by atoms with Gasteiger partial charge in [-0.1, -0.05) is 12.8 Å². The van der Waals surface area contributed by atoms with E-state index in [1.165, 1.54) is 25.0 Å². The molecule has 0 atom stereocenters. The number of nitrogens with one attached hydrogen (secondary N) is 1. The zero-order valence-corrected chi connectivity index (χ0v) is 9.49. The number of benzene rings is 1. The van der Waals surface area contributed by atoms with Crippen LogP contribution in [0.5, 0.6) is 0 Å². The van der Waals surface area contributed by atoms with Gasteiger partial charge in [0.25, 0.3) is 5.69 Å². The van der Waals surface area contributed by atoms with Crippen LogP contribution in [0.15, 0.2) is 18.2 Å². The molecule has 0 aliphatic heterocycles. The van der Waals surface area contributed by atoms with Gasteiger partial charge in [0.1, 0.15) is 11.5 Å². The van der Waals surface area contributed by atoms with E-state index in [-0.39, 0.29) is 11.4 Å². The molecule has 0 spiro atoms. The number of hydrogen-bond donors (Lipinski definition) is 1. The Morgan fingerprint density at radius 1 is 1.47 bits per heavy atom. The van der Waals surface area contributed by atoms with Crippen molar-refractivity contribution in [1.82, 2.24) is 0 Å². The molecule has 92 valence electrons. The summed E-state index contributed by atoms with van der Waals surface area (Å²) in [5.41, 5.74) is 0.198. The minimum absolute atomic E-state index is 0.0715. The summed E-state index contributed by atoms with van der Waals surface area (Å²) >= 11 is 0. The van der Waals surface area contributed by atoms with Gasteiger partial charge in [-0.3, -0.25) is 10.1 Å². The monoisotopic (exact) mass is 238 g/mol. The largest absolute Gasteiger partial charge is 0.379 e. The van der Waals surface area contributed by atoms with Crippen molar-refractivity contribution in [3.63, 3.8) is 0 Å². The van der Waals surface area contributed by atoms with Crippen molar-refractivity contribution in [2.75, 3.05) is 11.9 Å². The Bertz CT molecular complexity index is 419. The van der Waals surface area contributed by atoms with Crippen LogP contribution < -0.4 is 5.32 Å². The van der Waals surface area contributed by atoms with Crippen LogP contribution in [0, 0.1) is 21.8 Å². The molecule has 1 aromatic rings. The van der Waals surface area contributed by atoms with E-state index in [1.807, 2.05) is 0 Å². The summed E-state index contributed by atoms with van der Waals surface area (Å²) in [5, 5.41) is 13.7. The predicted molar refractivity (Wildman–Crippen MR) is 63.5 cm³/mol. The van der Waals surface area contributed by atoms with E-state index in [2.05, 4.69) is 5.32 Å². The van der Waals surface area contributed by atoms with Gasteiger partial charge < -0.3 is 5.32 Å². The van der Waals surface area contributed by atoms with Crippen LogP contribution in [-0.2, 0) is 0 Å². The van der Waals surface area contributed by atoms with Crippen molar-refractivity contribution < 1.29 is 9.31 Å². The molecule has 0 aromatic heterocycles. The Morgan fingerprint density at radius 2 is 2.24 bits per heavy atom. The SMILES string of the molecule is O=[N+]([O-])c1ccc(F)cc1NCCCC1CC1. The van der Waals surface area contributed by atoms with Crippen LogP contribution in [0.2, 0.25) is 0 Å². The molecular formula is C12H15FN2O2. The summed E-state index contributed by atoms with van der Waals surface area (Å²) in [6.45, 7) is 0.654. The highest BCUT2D eigenvalue weighted by atomic mass is 19.1. The number of nitrogens with zero attached hydrogens (tertiary/aromatic N) is 1. The molecule has 4 nitrogen and oxygen atoms in total. The first-order chi connectivity index (χ1) is 8.16. The van der Waals surface area contributed by atoms with E-state index in [0.717, 1.165) is 24.8 Å². The summed E-state index contributed by atoms with van der Waals surface area (Å²) in [4.78, 5) is 10.2. The number of anilines is 1. The van der Waals surface area contributed by atoms with Crippen LogP contribution in [0.3, 0.4) is 0 Å². The van der Waals surface area contributed by atoms with Crippen molar-refractivity contribution in [1.29, 1.82) is 0 Å². The highest BCUT2D eigenvalue weighted by Crippen LogP contribution is 2.33. The second-order valence-corrected chi connectivity index (χ2v) is 4.43. The van der Waals surface area contributed by atoms with Crippen molar-refractivity contribution in [2.24, 2.45) is 5.92 Å². The van der Waals surface area contributed by atoms with Crippen LogP contribution in [0.4, 0.5) is 15.8 Å². The highest BCUT2D eigenvalue weighted by molar-refractivity contribution is 5.61. The van der Waals surface area contributed by atoms with Gasteiger partial charge in [-0.25, -0.2) is 4.39 Å². The van der Waals surface area contributed by atoms with Gasteiger partial charge in [0.15, 0.2) is 0 Å². The van der Waals surface area contributed by atoms with E-state index in [1.54, 1.807) is 0 Å². The zero-order chi connectivity index (χ0) is 12.3. The van der Waals surface area contributed by atoms with Gasteiger partial charge in [0.05, 0.1) is 4.92 Å². The van der Waals surface area contributed by atoms with E-state index < -0.39 is 10.7 Å². The predicted octanol–water partition coefficient (Wildman–Crippen LogP) is 3.34. The molecule has 1 N–H and O–H groups in total. The second kappa shape index (κ2) is 5.12. The topological polar surface area (TPSA) is 55.2 Å². The maximum absolute atomic E-state index is 13.0. The Hall–Kier alpha value is -1.65. The lowest BCUT2D eigenvalue weighted by Gasteiger charge is -2.06. The molecule has 0 saturated heterocycles. The minimum atomic E-state index is -0.497. The first-order valence-corrected chi connectivity index (χ1v) is 5.84. The number of rotatable bonds is 6. The van der Waals surface area contributed by atoms with Gasteiger partial charge in [-0.05, 0) is 24.8 Å². The Balaban J connectivity index is 1.92. The van der Waals surface area contributed by atoms with Gasteiger partial charge in [0.2, 0.25) is 0 Å². The second-order valence-electron chi connectivity index (χ2n) is 4.43. The third-order valence-corrected chi connectivity index (χ3v) is 2.96. The minimum Gasteiger partial charge on any atom is -0.379 e. The fourth-order valence-corrected chi connectivity index (χ4v) is 1.83. The van der Waals surface area contributed by atoms with Crippen LogP contribution in [0.1, 0.15) is 25.7 Å². The normalized spacial score (nSPS) is 14.6. The summed E-state index contributed by atoms with van der Waals surface area (Å²) in [6.07, 6.45) is 4.73. The fraction of sp³-hybridized carbons (Fsp3) is 0.500. The molecule has 1 fully saturated rings. The van der Waals surface area contributed by atoms with Crippen molar-refractivity contribution in [3.05, 3.63) is 34.1 Å². The molecule has 17 heavy (non-hydrogen) atoms. The first kappa shape index (κ1) is 11.8. The molecular weight excluding hydrogens is 223 g/mol. The van der Waals surface area contributed by atoms with Gasteiger partial charge in [-0.15, -0.1) is 0 Å². The Kier molecular flexibility index (Phi) is 3.56. The molecule has 0 heterocycles. The molecule has 1 aliphatic rings. The van der Waals surface area contributed by atoms with Crippen LogP contribution in [-0.4, -0.2) is 11.5 Å². The molecule has 1 saturated carbocycles. The maximum Gasteiger partial charge on any atom is 0.292 e. The van der Waals surface area contributed by atoms with Crippen molar-refractivity contribution in [3.8, 4) is 0 Å². The van der Waals surface area contributed by atoms with Gasteiger partial charge in [0, 0.05) is 18.7 Å². The Morgan fingerprint density at radius 3 is 2.88 bits per heavy atom. The lowest BCUT2D eigenvalue weighted by molar-refractivity contribution is -0.384. The lowest BCUT2D eigenvalue weighted by atomic mass is 10.2. The maximum atomic E-state index is 13.0. The molecule has 0 unspecified atom stereocenters. The van der Waals surface area contributed by atoms with Crippen LogP contribution in [0.25, 0.3) is 0 Å². The third-order valence-electron chi connectivity index (χ3n) is 2.96. The van der Waals surface area contributed by atoms with E-state index >= 15 is 0 Å². The van der Waals surface area contributed by atoms with E-state index in [0.29, 0.717) is 6.54 Å². The number of halogens is 1. The van der Waals surface area contributed by atoms with Gasteiger partial charge >= 0.3 is 0 Å². The van der Waals surface area contributed by atoms with Crippen molar-refractivity contribution >= 4 is 11.4 Å². The first-order valence-electron chi connectivity index (χ1n) is 5.84. The quantitative estimate of drug-likeness (QED) is 0.470. The molecule has 1 aliphatic carbocycles. The smallest absolute Gasteiger partial charge is 0.292 e. The summed E-state index contributed by atoms with van der Waals surface area (Å²) < 4.78 is 13.0. The molecule has 0 bridgehead atoms. The fourth-order valence-electron chi connectivity index (χ4n) is 1.83. The third kappa shape index (κ3) is 3.41. The molecule has 2 rings (SSSR count). The van der Waals surface area contributed by atoms with Crippen LogP contribution >= 0.6 is 0 Å². The standard InChI is InChI=1S/C12H15FN2O2/c13-10-5-6-12(15(16)17)11(8-10)14-7-1-2-9-3-4-9/h5-6,8-9,14H,1-4,7H2. The number of nitro benzene ring substituents is 1. The van der Waals surface area contributed by atoms with Gasteiger partial charge in [-0.2, -0.15) is 0 Å². The van der Waals surface area contributed by atoms with Crippen molar-refractivity contribution in [2.45, 2.75) is 25.7 Å². The molecule has 1 aromatic carbocycles. The van der Waals surface area contributed by atoms with E-state index in [4.69, 9.17) is 0 Å². The summed E-state index contributed by atoms with van der Waals surface area (Å²) in [5.74, 6) is 0.389. The number of hydrogen-bond acceptors (Lipinski definition) is 3. The molecule has 5 heteroatoms. The highest BCUT2D eigenvalue weighted by Gasteiger charge is 2.20. The Labute approximate surface area is 99.0 Å². The average molecular weight is 238 g/mol.